The van der Waals surface area contributed by atoms with Crippen LogP contribution in [0.15, 0.2) is 76.8 Å². The van der Waals surface area contributed by atoms with Gasteiger partial charge in [-0.15, -0.1) is 5.10 Å². The number of anilines is 1. The van der Waals surface area contributed by atoms with Crippen molar-refractivity contribution >= 4 is 29.0 Å². The molecule has 0 saturated heterocycles. The maximum absolute atomic E-state index is 12.7. The van der Waals surface area contributed by atoms with Crippen LogP contribution in [0.2, 0.25) is 0 Å². The molecule has 7 nitrogen and oxygen atoms in total. The third-order valence-electron chi connectivity index (χ3n) is 4.40. The van der Waals surface area contributed by atoms with E-state index in [1.165, 1.54) is 16.2 Å². The number of nitrogens with zero attached hydrogens (tertiary/aromatic N) is 4. The lowest BCUT2D eigenvalue weighted by atomic mass is 10.2. The number of benzene rings is 2. The Bertz CT molecular complexity index is 1220. The second kappa shape index (κ2) is 8.32. The zero-order valence-electron chi connectivity index (χ0n) is 15.8. The third kappa shape index (κ3) is 4.22. The Labute approximate surface area is 171 Å². The molecule has 29 heavy (non-hydrogen) atoms. The number of fused-ring (bicyclic) bond motifs is 1. The van der Waals surface area contributed by atoms with Crippen molar-refractivity contribution in [3.8, 4) is 0 Å². The van der Waals surface area contributed by atoms with Crippen LogP contribution >= 0.6 is 11.8 Å². The van der Waals surface area contributed by atoms with Crippen LogP contribution in [0.1, 0.15) is 11.1 Å². The Morgan fingerprint density at radius 3 is 2.66 bits per heavy atom. The minimum absolute atomic E-state index is 0.169. The van der Waals surface area contributed by atoms with E-state index >= 15 is 0 Å². The van der Waals surface area contributed by atoms with E-state index in [1.807, 2.05) is 61.5 Å². The SMILES string of the molecule is Cc1ccccc1NC(=O)Cn1nc2c(SCc3ccccc3)nccn2c1=O. The molecule has 0 unspecified atom stereocenters. The van der Waals surface area contributed by atoms with Crippen molar-refractivity contribution in [1.29, 1.82) is 0 Å². The van der Waals surface area contributed by atoms with E-state index in [1.54, 1.807) is 12.4 Å². The lowest BCUT2D eigenvalue weighted by Crippen LogP contribution is -2.28. The van der Waals surface area contributed by atoms with Gasteiger partial charge >= 0.3 is 5.69 Å². The highest BCUT2D eigenvalue weighted by molar-refractivity contribution is 7.98. The summed E-state index contributed by atoms with van der Waals surface area (Å²) in [5.41, 5.74) is 2.90. The molecule has 4 aromatic rings. The van der Waals surface area contributed by atoms with Gasteiger partial charge in [0.25, 0.3) is 0 Å². The predicted molar refractivity (Wildman–Crippen MR) is 113 cm³/mol. The number of aryl methyl sites for hydroxylation is 1. The van der Waals surface area contributed by atoms with E-state index in [2.05, 4.69) is 15.4 Å². The number of hydrogen-bond donors (Lipinski definition) is 1. The van der Waals surface area contributed by atoms with Crippen LogP contribution in [0, 0.1) is 6.92 Å². The summed E-state index contributed by atoms with van der Waals surface area (Å²) >= 11 is 1.50. The molecule has 0 fully saturated rings. The van der Waals surface area contributed by atoms with E-state index in [-0.39, 0.29) is 18.1 Å². The molecule has 0 spiro atoms. The number of carbonyl (C=O) groups is 1. The average molecular weight is 405 g/mol. The monoisotopic (exact) mass is 405 g/mol. The Morgan fingerprint density at radius 2 is 1.86 bits per heavy atom. The highest BCUT2D eigenvalue weighted by Gasteiger charge is 2.15. The molecule has 2 aromatic heterocycles. The van der Waals surface area contributed by atoms with Crippen LogP contribution in [0.4, 0.5) is 5.69 Å². The maximum atomic E-state index is 12.7. The van der Waals surface area contributed by atoms with Gasteiger partial charge in [0.15, 0.2) is 5.65 Å². The molecule has 0 aliphatic rings. The van der Waals surface area contributed by atoms with E-state index in [9.17, 15) is 9.59 Å². The molecule has 1 N–H and O–H groups in total. The largest absolute Gasteiger partial charge is 0.350 e. The third-order valence-corrected chi connectivity index (χ3v) is 5.44. The van der Waals surface area contributed by atoms with Crippen LogP contribution in [0.3, 0.4) is 0 Å². The second-order valence-corrected chi connectivity index (χ2v) is 7.47. The number of thioether (sulfide) groups is 1. The summed E-state index contributed by atoms with van der Waals surface area (Å²) in [7, 11) is 0. The fourth-order valence-corrected chi connectivity index (χ4v) is 3.79. The average Bonchev–Trinajstić information content (AvgIpc) is 3.05. The quantitative estimate of drug-likeness (QED) is 0.499. The maximum Gasteiger partial charge on any atom is 0.350 e. The molecule has 0 aliphatic carbocycles. The molecule has 0 radical (unpaired) electrons. The van der Waals surface area contributed by atoms with Crippen LogP contribution in [0.5, 0.6) is 0 Å². The number of amides is 1. The van der Waals surface area contributed by atoms with Gasteiger partial charge in [0.2, 0.25) is 5.91 Å². The number of para-hydroxylation sites is 1. The van der Waals surface area contributed by atoms with Crippen molar-refractivity contribution in [2.45, 2.75) is 24.2 Å². The highest BCUT2D eigenvalue weighted by Crippen LogP contribution is 2.23. The van der Waals surface area contributed by atoms with Gasteiger partial charge in [-0.2, -0.15) is 0 Å². The smallest absolute Gasteiger partial charge is 0.324 e. The lowest BCUT2D eigenvalue weighted by Gasteiger charge is -2.07. The van der Waals surface area contributed by atoms with Crippen LogP contribution in [0.25, 0.3) is 5.65 Å². The van der Waals surface area contributed by atoms with Gasteiger partial charge in [-0.25, -0.2) is 18.9 Å². The molecule has 2 heterocycles. The molecule has 2 aromatic carbocycles. The standard InChI is InChI=1S/C21H19N5O2S/c1-15-7-5-6-10-17(15)23-18(27)13-26-21(28)25-12-11-22-20(19(25)24-26)29-14-16-8-3-2-4-9-16/h2-12H,13-14H2,1H3,(H,23,27). The summed E-state index contributed by atoms with van der Waals surface area (Å²) in [6, 6.07) is 17.5. The van der Waals surface area contributed by atoms with Gasteiger partial charge in [0.1, 0.15) is 11.6 Å². The number of rotatable bonds is 6. The molecule has 4 rings (SSSR count). The predicted octanol–water partition coefficient (Wildman–Crippen LogP) is 3.13. The van der Waals surface area contributed by atoms with Gasteiger partial charge in [0.05, 0.1) is 0 Å². The minimum Gasteiger partial charge on any atom is -0.324 e. The molecule has 8 heteroatoms. The van der Waals surface area contributed by atoms with E-state index in [4.69, 9.17) is 0 Å². The molecular weight excluding hydrogens is 386 g/mol. The van der Waals surface area contributed by atoms with E-state index < -0.39 is 0 Å². The molecule has 0 saturated carbocycles. The summed E-state index contributed by atoms with van der Waals surface area (Å²) in [5.74, 6) is 0.402. The van der Waals surface area contributed by atoms with E-state index in [0.29, 0.717) is 16.4 Å². The van der Waals surface area contributed by atoms with Crippen molar-refractivity contribution in [1.82, 2.24) is 19.2 Å². The summed E-state index contributed by atoms with van der Waals surface area (Å²) in [6.07, 6.45) is 3.13. The normalized spacial score (nSPS) is 10.9. The fraction of sp³-hybridized carbons (Fsp3) is 0.143. The summed E-state index contributed by atoms with van der Waals surface area (Å²) in [5, 5.41) is 7.82. The Hall–Kier alpha value is -3.39. The summed E-state index contributed by atoms with van der Waals surface area (Å²) < 4.78 is 2.58. The summed E-state index contributed by atoms with van der Waals surface area (Å²) in [6.45, 7) is 1.74. The highest BCUT2D eigenvalue weighted by atomic mass is 32.2. The first-order valence-corrected chi connectivity index (χ1v) is 10.1. The van der Waals surface area contributed by atoms with Crippen molar-refractivity contribution in [3.63, 3.8) is 0 Å². The summed E-state index contributed by atoms with van der Waals surface area (Å²) in [4.78, 5) is 29.4. The molecule has 0 atom stereocenters. The topological polar surface area (TPSA) is 81.3 Å². The van der Waals surface area contributed by atoms with Crippen LogP contribution in [-0.4, -0.2) is 25.1 Å². The number of nitrogens with one attached hydrogen (secondary N) is 1. The van der Waals surface area contributed by atoms with Crippen molar-refractivity contribution in [3.05, 3.63) is 88.6 Å². The van der Waals surface area contributed by atoms with E-state index in [0.717, 1.165) is 21.5 Å². The fourth-order valence-electron chi connectivity index (χ4n) is 2.90. The Balaban J connectivity index is 1.55. The van der Waals surface area contributed by atoms with Crippen molar-refractivity contribution in [2.24, 2.45) is 0 Å². The first kappa shape index (κ1) is 18.9. The van der Waals surface area contributed by atoms with Crippen molar-refractivity contribution < 1.29 is 4.79 Å². The van der Waals surface area contributed by atoms with Gasteiger partial charge < -0.3 is 5.32 Å². The molecule has 0 aliphatic heterocycles. The van der Waals surface area contributed by atoms with Gasteiger partial charge in [-0.1, -0.05) is 60.3 Å². The zero-order valence-corrected chi connectivity index (χ0v) is 16.6. The molecule has 146 valence electrons. The molecular formula is C21H19N5O2S. The molecule has 0 bridgehead atoms. The van der Waals surface area contributed by atoms with Crippen LogP contribution < -0.4 is 11.0 Å². The second-order valence-electron chi connectivity index (χ2n) is 6.50. The number of aromatic nitrogens is 4. The van der Waals surface area contributed by atoms with Crippen molar-refractivity contribution in [2.75, 3.05) is 5.32 Å². The van der Waals surface area contributed by atoms with Gasteiger partial charge in [-0.05, 0) is 24.1 Å². The first-order valence-electron chi connectivity index (χ1n) is 9.08. The number of hydrogen-bond acceptors (Lipinski definition) is 5. The lowest BCUT2D eigenvalue weighted by molar-refractivity contribution is -0.117. The Morgan fingerprint density at radius 1 is 1.10 bits per heavy atom. The van der Waals surface area contributed by atoms with Crippen LogP contribution in [-0.2, 0) is 17.1 Å². The minimum atomic E-state index is -0.371. The van der Waals surface area contributed by atoms with Gasteiger partial charge in [0, 0.05) is 23.8 Å². The zero-order chi connectivity index (χ0) is 20.2. The number of carbonyl (C=O) groups excluding carboxylic acids is 1. The Kier molecular flexibility index (Phi) is 5.44. The molecule has 1 amide bonds. The first-order chi connectivity index (χ1) is 14.1. The van der Waals surface area contributed by atoms with Gasteiger partial charge in [-0.3, -0.25) is 4.79 Å².